The van der Waals surface area contributed by atoms with Gasteiger partial charge >= 0.3 is 5.97 Å². The number of hydrogen-bond acceptors (Lipinski definition) is 3. The fraction of sp³-hybridized carbons (Fsp3) is 0.889. The molecule has 0 aromatic carbocycles. The van der Waals surface area contributed by atoms with E-state index in [1.54, 1.807) is 0 Å². The van der Waals surface area contributed by atoms with Crippen molar-refractivity contribution in [3.05, 3.63) is 0 Å². The van der Waals surface area contributed by atoms with Crippen LogP contribution in [-0.4, -0.2) is 29.1 Å². The lowest BCUT2D eigenvalue weighted by atomic mass is 10.1. The molecular weight excluding hydrogens is 186 g/mol. The number of nitrogens with two attached hydrogens (primary N) is 1. The van der Waals surface area contributed by atoms with Crippen LogP contribution in [0.3, 0.4) is 0 Å². The average molecular weight is 203 g/mol. The molecule has 0 unspecified atom stereocenters. The lowest BCUT2D eigenvalue weighted by molar-refractivity contribution is -0.138. The van der Waals surface area contributed by atoms with Crippen LogP contribution in [0.25, 0.3) is 0 Å². The van der Waals surface area contributed by atoms with E-state index >= 15 is 0 Å². The third kappa shape index (κ3) is 4.00. The molecule has 76 valence electrons. The van der Waals surface area contributed by atoms with Crippen molar-refractivity contribution in [1.29, 1.82) is 0 Å². The summed E-state index contributed by atoms with van der Waals surface area (Å²) in [6.45, 7) is 0.735. The fourth-order valence-corrected chi connectivity index (χ4v) is 2.68. The summed E-state index contributed by atoms with van der Waals surface area (Å²) in [6.07, 6.45) is 3.57. The van der Waals surface area contributed by atoms with Crippen LogP contribution in [-0.2, 0) is 4.79 Å². The third-order valence-electron chi connectivity index (χ3n) is 2.38. The summed E-state index contributed by atoms with van der Waals surface area (Å²) < 4.78 is 0. The van der Waals surface area contributed by atoms with Gasteiger partial charge in [-0.15, -0.1) is 0 Å². The lowest BCUT2D eigenvalue weighted by Crippen LogP contribution is -2.11. The van der Waals surface area contributed by atoms with Crippen LogP contribution in [0.2, 0.25) is 0 Å². The molecule has 1 aliphatic rings. The van der Waals surface area contributed by atoms with Gasteiger partial charge in [0.1, 0.15) is 0 Å². The molecule has 0 atom stereocenters. The Kier molecular flexibility index (Phi) is 4.06. The molecule has 3 nitrogen and oxygen atoms in total. The van der Waals surface area contributed by atoms with Gasteiger partial charge in [-0.05, 0) is 42.7 Å². The van der Waals surface area contributed by atoms with Crippen LogP contribution in [0.4, 0.5) is 0 Å². The molecule has 0 saturated heterocycles. The van der Waals surface area contributed by atoms with Crippen LogP contribution in [0, 0.1) is 5.41 Å². The highest BCUT2D eigenvalue weighted by molar-refractivity contribution is 7.99. The van der Waals surface area contributed by atoms with E-state index in [2.05, 4.69) is 0 Å². The summed E-state index contributed by atoms with van der Waals surface area (Å²) in [5.74, 6) is 1.41. The maximum Gasteiger partial charge on any atom is 0.303 e. The Balaban J connectivity index is 2.09. The first kappa shape index (κ1) is 10.9. The van der Waals surface area contributed by atoms with E-state index in [0.29, 0.717) is 6.42 Å². The summed E-state index contributed by atoms with van der Waals surface area (Å²) >= 11 is 1.85. The Morgan fingerprint density at radius 1 is 1.54 bits per heavy atom. The van der Waals surface area contributed by atoms with Crippen molar-refractivity contribution in [2.24, 2.45) is 11.1 Å². The Morgan fingerprint density at radius 3 is 2.69 bits per heavy atom. The van der Waals surface area contributed by atoms with Gasteiger partial charge in [0.2, 0.25) is 0 Å². The zero-order valence-corrected chi connectivity index (χ0v) is 8.61. The van der Waals surface area contributed by atoms with Crippen molar-refractivity contribution < 1.29 is 9.90 Å². The van der Waals surface area contributed by atoms with Crippen molar-refractivity contribution in [2.75, 3.05) is 18.1 Å². The highest BCUT2D eigenvalue weighted by Crippen LogP contribution is 2.50. The van der Waals surface area contributed by atoms with Gasteiger partial charge in [-0.25, -0.2) is 0 Å². The van der Waals surface area contributed by atoms with Gasteiger partial charge in [0.05, 0.1) is 6.42 Å². The maximum absolute atomic E-state index is 10.5. The van der Waals surface area contributed by atoms with Crippen LogP contribution in [0.1, 0.15) is 25.7 Å². The van der Waals surface area contributed by atoms with Crippen LogP contribution in [0.15, 0.2) is 0 Å². The quantitative estimate of drug-likeness (QED) is 0.613. The molecule has 3 N–H and O–H groups in total. The maximum atomic E-state index is 10.5. The zero-order valence-electron chi connectivity index (χ0n) is 7.79. The van der Waals surface area contributed by atoms with Gasteiger partial charge in [0.15, 0.2) is 0 Å². The molecule has 0 amide bonds. The SMILES string of the molecule is NCCCSCC1(CC(=O)O)CC1. The van der Waals surface area contributed by atoms with E-state index in [9.17, 15) is 4.79 Å². The Morgan fingerprint density at radius 2 is 2.23 bits per heavy atom. The summed E-state index contributed by atoms with van der Waals surface area (Å²) in [5, 5.41) is 8.66. The number of carbonyl (C=O) groups is 1. The minimum atomic E-state index is -0.656. The normalized spacial score (nSPS) is 18.5. The number of aliphatic carboxylic acids is 1. The van der Waals surface area contributed by atoms with E-state index < -0.39 is 5.97 Å². The molecule has 1 rings (SSSR count). The summed E-state index contributed by atoms with van der Waals surface area (Å²) in [7, 11) is 0. The van der Waals surface area contributed by atoms with Gasteiger partial charge in [0.25, 0.3) is 0 Å². The van der Waals surface area contributed by atoms with Crippen molar-refractivity contribution in [2.45, 2.75) is 25.7 Å². The van der Waals surface area contributed by atoms with Gasteiger partial charge in [0, 0.05) is 0 Å². The van der Waals surface area contributed by atoms with Gasteiger partial charge in [-0.1, -0.05) is 0 Å². The molecular formula is C9H17NO2S. The van der Waals surface area contributed by atoms with Gasteiger partial charge in [-0.2, -0.15) is 11.8 Å². The molecule has 0 aromatic rings. The highest BCUT2D eigenvalue weighted by atomic mass is 32.2. The molecule has 0 radical (unpaired) electrons. The van der Waals surface area contributed by atoms with E-state index in [0.717, 1.165) is 37.3 Å². The van der Waals surface area contributed by atoms with Crippen LogP contribution < -0.4 is 5.73 Å². The second-order valence-electron chi connectivity index (χ2n) is 3.77. The van der Waals surface area contributed by atoms with Crippen molar-refractivity contribution >= 4 is 17.7 Å². The number of carboxylic acid groups (broad SMARTS) is 1. The molecule has 0 heterocycles. The molecule has 13 heavy (non-hydrogen) atoms. The molecule has 4 heteroatoms. The van der Waals surface area contributed by atoms with E-state index in [4.69, 9.17) is 10.8 Å². The second kappa shape index (κ2) is 4.86. The first-order valence-corrected chi connectivity index (χ1v) is 5.84. The van der Waals surface area contributed by atoms with Crippen LogP contribution >= 0.6 is 11.8 Å². The van der Waals surface area contributed by atoms with Gasteiger partial charge in [-0.3, -0.25) is 4.79 Å². The predicted octanol–water partition coefficient (Wildman–Crippen LogP) is 1.32. The molecule has 1 saturated carbocycles. The first-order valence-electron chi connectivity index (χ1n) is 4.68. The largest absolute Gasteiger partial charge is 0.481 e. The predicted molar refractivity (Wildman–Crippen MR) is 54.9 cm³/mol. The standard InChI is InChI=1S/C9H17NO2S/c10-4-1-5-13-7-9(2-3-9)6-8(11)12/h1-7,10H2,(H,11,12). The van der Waals surface area contributed by atoms with Crippen molar-refractivity contribution in [1.82, 2.24) is 0 Å². The topological polar surface area (TPSA) is 63.3 Å². The molecule has 0 aliphatic heterocycles. The number of thioether (sulfide) groups is 1. The number of carboxylic acids is 1. The van der Waals surface area contributed by atoms with Gasteiger partial charge < -0.3 is 10.8 Å². The minimum Gasteiger partial charge on any atom is -0.481 e. The van der Waals surface area contributed by atoms with E-state index in [1.165, 1.54) is 0 Å². The molecule has 0 spiro atoms. The zero-order chi connectivity index (χ0) is 9.73. The minimum absolute atomic E-state index is 0.144. The average Bonchev–Trinajstić information content (AvgIpc) is 2.78. The first-order chi connectivity index (χ1) is 6.18. The van der Waals surface area contributed by atoms with Crippen molar-refractivity contribution in [3.8, 4) is 0 Å². The summed E-state index contributed by atoms with van der Waals surface area (Å²) in [6, 6.07) is 0. The van der Waals surface area contributed by atoms with Crippen molar-refractivity contribution in [3.63, 3.8) is 0 Å². The molecule has 1 aliphatic carbocycles. The third-order valence-corrected chi connectivity index (χ3v) is 3.78. The summed E-state index contributed by atoms with van der Waals surface area (Å²) in [5.41, 5.74) is 5.51. The monoisotopic (exact) mass is 203 g/mol. The van der Waals surface area contributed by atoms with E-state index in [1.807, 2.05) is 11.8 Å². The number of hydrogen-bond donors (Lipinski definition) is 2. The Bertz CT molecular complexity index is 180. The lowest BCUT2D eigenvalue weighted by Gasteiger charge is -2.10. The molecule has 1 fully saturated rings. The number of rotatable bonds is 7. The smallest absolute Gasteiger partial charge is 0.303 e. The Labute approximate surface area is 83.1 Å². The summed E-state index contributed by atoms with van der Waals surface area (Å²) in [4.78, 5) is 10.5. The fourth-order valence-electron chi connectivity index (χ4n) is 1.34. The molecule has 0 bridgehead atoms. The van der Waals surface area contributed by atoms with E-state index in [-0.39, 0.29) is 5.41 Å². The Hall–Kier alpha value is -0.220. The second-order valence-corrected chi connectivity index (χ2v) is 4.87. The van der Waals surface area contributed by atoms with Crippen LogP contribution in [0.5, 0.6) is 0 Å². The molecule has 0 aromatic heterocycles. The highest BCUT2D eigenvalue weighted by Gasteiger charge is 2.43.